The number of nitrogens with zero attached hydrogens (tertiary/aromatic N) is 2. The minimum absolute atomic E-state index is 0.0842. The lowest BCUT2D eigenvalue weighted by atomic mass is 9.82. The van der Waals surface area contributed by atoms with Crippen molar-refractivity contribution < 1.29 is 38.1 Å². The highest BCUT2D eigenvalue weighted by atomic mass is 16.5. The van der Waals surface area contributed by atoms with Crippen molar-refractivity contribution in [3.8, 4) is 0 Å². The van der Waals surface area contributed by atoms with E-state index >= 15 is 0 Å². The van der Waals surface area contributed by atoms with Crippen molar-refractivity contribution in [3.63, 3.8) is 0 Å². The number of carbonyl (C=O) groups is 4. The molecule has 3 atom stereocenters. The molecule has 2 aliphatic rings. The number of amides is 2. The molecule has 0 aliphatic carbocycles. The van der Waals surface area contributed by atoms with Gasteiger partial charge in [0.25, 0.3) is 0 Å². The van der Waals surface area contributed by atoms with Gasteiger partial charge in [-0.1, -0.05) is 19.1 Å². The number of allylic oxidation sites excluding steroid dienone is 1. The van der Waals surface area contributed by atoms with E-state index in [9.17, 15) is 19.2 Å². The van der Waals surface area contributed by atoms with Crippen LogP contribution in [0, 0.1) is 28.6 Å². The highest BCUT2D eigenvalue weighted by molar-refractivity contribution is 5.82. The first-order valence-electron chi connectivity index (χ1n) is 13.9. The van der Waals surface area contributed by atoms with E-state index in [-0.39, 0.29) is 31.4 Å². The summed E-state index contributed by atoms with van der Waals surface area (Å²) in [6.45, 7) is 20.2. The molecule has 0 aromatic heterocycles. The number of rotatable bonds is 10. The predicted octanol–water partition coefficient (Wildman–Crippen LogP) is 2.70. The van der Waals surface area contributed by atoms with Gasteiger partial charge in [-0.3, -0.25) is 19.2 Å². The Hall–Kier alpha value is -2.46. The van der Waals surface area contributed by atoms with Crippen LogP contribution in [0.4, 0.5) is 0 Å². The largest absolute Gasteiger partial charge is 0.464 e. The Kier molecular flexibility index (Phi) is 12.0. The maximum absolute atomic E-state index is 13.6. The molecule has 0 unspecified atom stereocenters. The van der Waals surface area contributed by atoms with E-state index in [1.54, 1.807) is 51.3 Å². The second-order valence-corrected chi connectivity index (χ2v) is 12.5. The van der Waals surface area contributed by atoms with Crippen LogP contribution in [-0.4, -0.2) is 99.4 Å². The summed E-state index contributed by atoms with van der Waals surface area (Å²) in [6.07, 6.45) is 0.231. The molecular formula is C29H48N2O8. The van der Waals surface area contributed by atoms with Crippen molar-refractivity contribution in [1.82, 2.24) is 9.80 Å². The highest BCUT2D eigenvalue weighted by Crippen LogP contribution is 2.30. The molecule has 10 nitrogen and oxygen atoms in total. The van der Waals surface area contributed by atoms with Crippen LogP contribution >= 0.6 is 0 Å². The minimum atomic E-state index is -0.709. The third-order valence-corrected chi connectivity index (χ3v) is 7.10. The van der Waals surface area contributed by atoms with Crippen molar-refractivity contribution in [3.05, 3.63) is 12.2 Å². The fourth-order valence-electron chi connectivity index (χ4n) is 4.27. The SMILES string of the molecule is C=C(C[C@@H](COC(=O)C(C)(C)C)C(=O)N1CCOCC1)[C@H](C)[C@@H](COC(=O)C(C)(C)C)C(=O)N1CCOCC1. The maximum Gasteiger partial charge on any atom is 0.311 e. The molecule has 0 radical (unpaired) electrons. The molecule has 2 fully saturated rings. The van der Waals surface area contributed by atoms with Gasteiger partial charge >= 0.3 is 11.9 Å². The molecule has 222 valence electrons. The van der Waals surface area contributed by atoms with Gasteiger partial charge in [-0.25, -0.2) is 0 Å². The van der Waals surface area contributed by atoms with Crippen molar-refractivity contribution in [2.45, 2.75) is 54.9 Å². The third-order valence-electron chi connectivity index (χ3n) is 7.10. The van der Waals surface area contributed by atoms with Crippen LogP contribution in [0.3, 0.4) is 0 Å². The molecule has 0 spiro atoms. The van der Waals surface area contributed by atoms with Crippen LogP contribution in [0.1, 0.15) is 54.9 Å². The zero-order valence-electron chi connectivity index (χ0n) is 24.9. The van der Waals surface area contributed by atoms with Crippen molar-refractivity contribution in [2.24, 2.45) is 28.6 Å². The normalized spacial score (nSPS) is 19.1. The van der Waals surface area contributed by atoms with E-state index in [0.29, 0.717) is 58.2 Å². The summed E-state index contributed by atoms with van der Waals surface area (Å²) in [4.78, 5) is 55.5. The Balaban J connectivity index is 2.22. The van der Waals surface area contributed by atoms with Gasteiger partial charge in [0.15, 0.2) is 0 Å². The summed E-state index contributed by atoms with van der Waals surface area (Å²) in [5.41, 5.74) is -0.755. The summed E-state index contributed by atoms with van der Waals surface area (Å²) >= 11 is 0. The van der Waals surface area contributed by atoms with Crippen LogP contribution in [0.25, 0.3) is 0 Å². The molecule has 2 rings (SSSR count). The number of morpholine rings is 2. The van der Waals surface area contributed by atoms with Crippen molar-refractivity contribution >= 4 is 23.8 Å². The molecule has 2 saturated heterocycles. The number of ether oxygens (including phenoxy) is 4. The monoisotopic (exact) mass is 552 g/mol. The van der Waals surface area contributed by atoms with Gasteiger partial charge in [-0.05, 0) is 53.9 Å². The van der Waals surface area contributed by atoms with Gasteiger partial charge in [0.2, 0.25) is 11.8 Å². The van der Waals surface area contributed by atoms with Crippen LogP contribution in [0.15, 0.2) is 12.2 Å². The third kappa shape index (κ3) is 9.90. The fourth-order valence-corrected chi connectivity index (χ4v) is 4.27. The predicted molar refractivity (Wildman–Crippen MR) is 146 cm³/mol. The van der Waals surface area contributed by atoms with E-state index < -0.39 is 40.5 Å². The van der Waals surface area contributed by atoms with Gasteiger partial charge in [0, 0.05) is 26.2 Å². The van der Waals surface area contributed by atoms with Gasteiger partial charge in [0.05, 0.1) is 49.1 Å². The molecule has 2 amide bonds. The molecule has 2 heterocycles. The zero-order chi connectivity index (χ0) is 29.4. The lowest BCUT2D eigenvalue weighted by molar-refractivity contribution is -0.158. The van der Waals surface area contributed by atoms with Crippen molar-refractivity contribution in [1.29, 1.82) is 0 Å². The summed E-state index contributed by atoms with van der Waals surface area (Å²) < 4.78 is 21.9. The van der Waals surface area contributed by atoms with E-state index in [2.05, 4.69) is 6.58 Å². The standard InChI is InChI=1S/C29H48N2O8/c1-20(17-22(18-38-26(34)28(3,4)5)24(32)30-9-13-36-14-10-30)21(2)23(19-39-27(35)29(6,7)8)25(33)31-11-15-37-16-12-31/h21-23H,1,9-19H2,2-8H3/t21-,22-,23+/m0/s1. The molecule has 0 N–H and O–H groups in total. The quantitative estimate of drug-likeness (QED) is 0.300. The Morgan fingerprint density at radius 2 is 1.15 bits per heavy atom. The molecule has 39 heavy (non-hydrogen) atoms. The lowest BCUT2D eigenvalue weighted by Crippen LogP contribution is -2.47. The number of hydrogen-bond donors (Lipinski definition) is 0. The summed E-state index contributed by atoms with van der Waals surface area (Å²) in [5.74, 6) is -2.78. The molecule has 10 heteroatoms. The van der Waals surface area contributed by atoms with E-state index in [4.69, 9.17) is 18.9 Å². The first-order valence-corrected chi connectivity index (χ1v) is 13.9. The minimum Gasteiger partial charge on any atom is -0.464 e. The van der Waals surface area contributed by atoms with Gasteiger partial charge in [-0.2, -0.15) is 0 Å². The molecule has 0 saturated carbocycles. The van der Waals surface area contributed by atoms with Crippen LogP contribution in [0.5, 0.6) is 0 Å². The number of carbonyl (C=O) groups excluding carboxylic acids is 4. The van der Waals surface area contributed by atoms with Crippen LogP contribution in [-0.2, 0) is 38.1 Å². The molecule has 0 aromatic rings. The molecule has 0 aromatic carbocycles. The van der Waals surface area contributed by atoms with Crippen molar-refractivity contribution in [2.75, 3.05) is 65.8 Å². The summed E-state index contributed by atoms with van der Waals surface area (Å²) in [6, 6.07) is 0. The Bertz CT molecular complexity index is 877. The molecule has 2 aliphatic heterocycles. The Labute approximate surface area is 233 Å². The summed E-state index contributed by atoms with van der Waals surface area (Å²) in [7, 11) is 0. The van der Waals surface area contributed by atoms with Gasteiger partial charge < -0.3 is 28.7 Å². The molecular weight excluding hydrogens is 504 g/mol. The zero-order valence-corrected chi connectivity index (χ0v) is 24.9. The lowest BCUT2D eigenvalue weighted by Gasteiger charge is -2.35. The number of esters is 2. The second kappa shape index (κ2) is 14.3. The van der Waals surface area contributed by atoms with Crippen LogP contribution in [0.2, 0.25) is 0 Å². The maximum atomic E-state index is 13.6. The van der Waals surface area contributed by atoms with Gasteiger partial charge in [-0.15, -0.1) is 0 Å². The Morgan fingerprint density at radius 3 is 1.59 bits per heavy atom. The second-order valence-electron chi connectivity index (χ2n) is 12.5. The number of hydrogen-bond acceptors (Lipinski definition) is 8. The average molecular weight is 553 g/mol. The first-order chi connectivity index (χ1) is 18.1. The highest BCUT2D eigenvalue weighted by Gasteiger charge is 2.36. The summed E-state index contributed by atoms with van der Waals surface area (Å²) in [5, 5.41) is 0. The van der Waals surface area contributed by atoms with E-state index in [1.807, 2.05) is 6.92 Å². The average Bonchev–Trinajstić information content (AvgIpc) is 2.89. The molecule has 0 bridgehead atoms. The van der Waals surface area contributed by atoms with Crippen LogP contribution < -0.4 is 0 Å². The fraction of sp³-hybridized carbons (Fsp3) is 0.793. The smallest absolute Gasteiger partial charge is 0.311 e. The van der Waals surface area contributed by atoms with E-state index in [0.717, 1.165) is 0 Å². The Morgan fingerprint density at radius 1 is 0.744 bits per heavy atom. The van der Waals surface area contributed by atoms with Gasteiger partial charge in [0.1, 0.15) is 13.2 Å². The van der Waals surface area contributed by atoms with E-state index in [1.165, 1.54) is 0 Å². The topological polar surface area (TPSA) is 112 Å². The first kappa shape index (κ1) is 32.8.